The van der Waals surface area contributed by atoms with E-state index in [2.05, 4.69) is 14.7 Å². The second-order valence-corrected chi connectivity index (χ2v) is 4.96. The number of nitrogens with two attached hydrogens (primary N) is 1. The molecule has 0 saturated carbocycles. The number of hydrogen-bond acceptors (Lipinski definition) is 6. The van der Waals surface area contributed by atoms with Gasteiger partial charge in [0.25, 0.3) is 10.0 Å². The molecule has 0 saturated heterocycles. The molecular formula is C9H10N4O3S. The average Bonchev–Trinajstić information content (AvgIpc) is 2.63. The van der Waals surface area contributed by atoms with Crippen molar-refractivity contribution in [1.29, 1.82) is 0 Å². The van der Waals surface area contributed by atoms with E-state index in [9.17, 15) is 8.42 Å². The SMILES string of the molecule is Cc1coc(NS(=O)(=O)c2cnccc2N)n1. The van der Waals surface area contributed by atoms with E-state index in [1.165, 1.54) is 18.5 Å². The smallest absolute Gasteiger partial charge is 0.309 e. The summed E-state index contributed by atoms with van der Waals surface area (Å²) in [7, 11) is -3.82. The number of pyridine rings is 1. The van der Waals surface area contributed by atoms with Gasteiger partial charge in [-0.15, -0.1) is 0 Å². The highest BCUT2D eigenvalue weighted by Crippen LogP contribution is 2.19. The van der Waals surface area contributed by atoms with E-state index in [1.807, 2.05) is 0 Å². The molecule has 0 bridgehead atoms. The van der Waals surface area contributed by atoms with Crippen LogP contribution < -0.4 is 10.5 Å². The highest BCUT2D eigenvalue weighted by Gasteiger charge is 2.19. The Morgan fingerprint density at radius 1 is 1.47 bits per heavy atom. The predicted molar refractivity (Wildman–Crippen MR) is 60.7 cm³/mol. The van der Waals surface area contributed by atoms with Gasteiger partial charge < -0.3 is 10.2 Å². The summed E-state index contributed by atoms with van der Waals surface area (Å²) in [4.78, 5) is 7.43. The van der Waals surface area contributed by atoms with Gasteiger partial charge in [0.2, 0.25) is 0 Å². The highest BCUT2D eigenvalue weighted by atomic mass is 32.2. The standard InChI is InChI=1S/C9H10N4O3S/c1-6-5-16-9(12-6)13-17(14,15)8-4-11-3-2-7(8)10/h2-5H,1H3,(H2,10,11)(H,12,13). The molecule has 3 N–H and O–H groups in total. The van der Waals surface area contributed by atoms with Crippen LogP contribution in [-0.4, -0.2) is 18.4 Å². The summed E-state index contributed by atoms with van der Waals surface area (Å²) >= 11 is 0. The van der Waals surface area contributed by atoms with Gasteiger partial charge in [0, 0.05) is 12.4 Å². The summed E-state index contributed by atoms with van der Waals surface area (Å²) in [6.45, 7) is 1.68. The van der Waals surface area contributed by atoms with Crippen LogP contribution in [0.4, 0.5) is 11.7 Å². The largest absolute Gasteiger partial charge is 0.431 e. The maximum Gasteiger partial charge on any atom is 0.309 e. The Balaban J connectivity index is 2.35. The van der Waals surface area contributed by atoms with E-state index in [-0.39, 0.29) is 16.6 Å². The molecule has 0 radical (unpaired) electrons. The Labute approximate surface area is 97.7 Å². The molecule has 0 aliphatic carbocycles. The Bertz CT molecular complexity index is 635. The van der Waals surface area contributed by atoms with Crippen LogP contribution in [0.3, 0.4) is 0 Å². The summed E-state index contributed by atoms with van der Waals surface area (Å²) in [6.07, 6.45) is 3.90. The monoisotopic (exact) mass is 254 g/mol. The molecule has 90 valence electrons. The van der Waals surface area contributed by atoms with Crippen molar-refractivity contribution in [3.8, 4) is 0 Å². The summed E-state index contributed by atoms with van der Waals surface area (Å²) in [5, 5.41) is 0. The third-order valence-electron chi connectivity index (χ3n) is 1.95. The zero-order chi connectivity index (χ0) is 12.5. The number of rotatable bonds is 3. The third-order valence-corrected chi connectivity index (χ3v) is 3.31. The molecular weight excluding hydrogens is 244 g/mol. The summed E-state index contributed by atoms with van der Waals surface area (Å²) in [5.74, 6) is 0. The van der Waals surface area contributed by atoms with Crippen LogP contribution in [0.2, 0.25) is 0 Å². The molecule has 0 spiro atoms. The molecule has 0 fully saturated rings. The van der Waals surface area contributed by atoms with Gasteiger partial charge in [-0.3, -0.25) is 4.98 Å². The minimum Gasteiger partial charge on any atom is -0.431 e. The zero-order valence-electron chi connectivity index (χ0n) is 8.91. The number of nitrogens with one attached hydrogen (secondary N) is 1. The first-order chi connectivity index (χ1) is 7.99. The molecule has 0 aliphatic rings. The van der Waals surface area contributed by atoms with Gasteiger partial charge >= 0.3 is 6.01 Å². The molecule has 8 heteroatoms. The van der Waals surface area contributed by atoms with E-state index in [4.69, 9.17) is 10.2 Å². The van der Waals surface area contributed by atoms with Gasteiger partial charge in [0.05, 0.1) is 11.4 Å². The Hall–Kier alpha value is -2.09. The van der Waals surface area contributed by atoms with Crippen LogP contribution in [0.1, 0.15) is 5.69 Å². The van der Waals surface area contributed by atoms with Crippen LogP contribution in [0, 0.1) is 6.92 Å². The van der Waals surface area contributed by atoms with Crippen LogP contribution >= 0.6 is 0 Å². The first kappa shape index (κ1) is 11.4. The van der Waals surface area contributed by atoms with Crippen molar-refractivity contribution in [3.05, 3.63) is 30.4 Å². The third kappa shape index (κ3) is 2.36. The fourth-order valence-corrected chi connectivity index (χ4v) is 2.20. The Kier molecular flexibility index (Phi) is 2.72. The topological polar surface area (TPSA) is 111 Å². The minimum atomic E-state index is -3.82. The molecule has 17 heavy (non-hydrogen) atoms. The highest BCUT2D eigenvalue weighted by molar-refractivity contribution is 7.92. The van der Waals surface area contributed by atoms with Crippen LogP contribution in [-0.2, 0) is 10.0 Å². The maximum absolute atomic E-state index is 11.9. The predicted octanol–water partition coefficient (Wildman–Crippen LogP) is 0.761. The van der Waals surface area contributed by atoms with Crippen LogP contribution in [0.5, 0.6) is 0 Å². The fraction of sp³-hybridized carbons (Fsp3) is 0.111. The lowest BCUT2D eigenvalue weighted by atomic mass is 10.4. The molecule has 0 amide bonds. The molecule has 0 aliphatic heterocycles. The lowest BCUT2D eigenvalue weighted by Gasteiger charge is -2.05. The second-order valence-electron chi connectivity index (χ2n) is 3.31. The molecule has 0 unspecified atom stereocenters. The fourth-order valence-electron chi connectivity index (χ4n) is 1.19. The number of aryl methyl sites for hydroxylation is 1. The molecule has 7 nitrogen and oxygen atoms in total. The van der Waals surface area contributed by atoms with Crippen LogP contribution in [0.15, 0.2) is 34.0 Å². The van der Waals surface area contributed by atoms with E-state index in [0.29, 0.717) is 5.69 Å². The van der Waals surface area contributed by atoms with E-state index in [1.54, 1.807) is 6.92 Å². The van der Waals surface area contributed by atoms with E-state index < -0.39 is 10.0 Å². The lowest BCUT2D eigenvalue weighted by molar-refractivity contribution is 0.569. The molecule has 0 atom stereocenters. The van der Waals surface area contributed by atoms with Crippen molar-refractivity contribution in [2.75, 3.05) is 10.5 Å². The normalized spacial score (nSPS) is 11.4. The van der Waals surface area contributed by atoms with Crippen molar-refractivity contribution in [2.45, 2.75) is 11.8 Å². The quantitative estimate of drug-likeness (QED) is 0.836. The van der Waals surface area contributed by atoms with Crippen molar-refractivity contribution in [3.63, 3.8) is 0 Å². The average molecular weight is 254 g/mol. The molecule has 2 heterocycles. The summed E-state index contributed by atoms with van der Waals surface area (Å²) < 4.78 is 30.9. The number of aromatic nitrogens is 2. The number of anilines is 2. The second kappa shape index (κ2) is 4.06. The van der Waals surface area contributed by atoms with Gasteiger partial charge in [0.1, 0.15) is 11.2 Å². The van der Waals surface area contributed by atoms with Crippen molar-refractivity contribution >= 4 is 21.7 Å². The number of sulfonamides is 1. The van der Waals surface area contributed by atoms with Crippen molar-refractivity contribution in [1.82, 2.24) is 9.97 Å². The Morgan fingerprint density at radius 3 is 2.82 bits per heavy atom. The molecule has 2 rings (SSSR count). The number of hydrogen-bond donors (Lipinski definition) is 2. The molecule has 0 aromatic carbocycles. The lowest BCUT2D eigenvalue weighted by Crippen LogP contribution is -2.15. The maximum atomic E-state index is 11.9. The van der Waals surface area contributed by atoms with Crippen LogP contribution in [0.25, 0.3) is 0 Å². The summed E-state index contributed by atoms with van der Waals surface area (Å²) in [5.41, 5.74) is 6.23. The van der Waals surface area contributed by atoms with Gasteiger partial charge in [-0.1, -0.05) is 0 Å². The van der Waals surface area contributed by atoms with Gasteiger partial charge in [-0.25, -0.2) is 13.1 Å². The minimum absolute atomic E-state index is 0.106. The van der Waals surface area contributed by atoms with Crippen molar-refractivity contribution < 1.29 is 12.8 Å². The number of oxazole rings is 1. The van der Waals surface area contributed by atoms with Gasteiger partial charge in [-0.2, -0.15) is 4.98 Å². The molecule has 2 aromatic heterocycles. The Morgan fingerprint density at radius 2 is 2.24 bits per heavy atom. The summed E-state index contributed by atoms with van der Waals surface area (Å²) in [6, 6.07) is 1.29. The van der Waals surface area contributed by atoms with Crippen molar-refractivity contribution in [2.24, 2.45) is 0 Å². The van der Waals surface area contributed by atoms with E-state index in [0.717, 1.165) is 6.20 Å². The first-order valence-corrected chi connectivity index (χ1v) is 6.12. The number of nitrogens with zero attached hydrogens (tertiary/aromatic N) is 2. The van der Waals surface area contributed by atoms with Gasteiger partial charge in [0.15, 0.2) is 0 Å². The number of nitrogen functional groups attached to an aromatic ring is 1. The zero-order valence-corrected chi connectivity index (χ0v) is 9.73. The molecule has 2 aromatic rings. The van der Waals surface area contributed by atoms with E-state index >= 15 is 0 Å². The first-order valence-electron chi connectivity index (χ1n) is 4.63. The van der Waals surface area contributed by atoms with Gasteiger partial charge in [-0.05, 0) is 13.0 Å².